The van der Waals surface area contributed by atoms with Gasteiger partial charge in [-0.3, -0.25) is 14.4 Å². The molecule has 1 unspecified atom stereocenters. The number of aliphatic carboxylic acids is 1. The highest BCUT2D eigenvalue weighted by atomic mass is 16.4. The van der Waals surface area contributed by atoms with Crippen molar-refractivity contribution in [2.45, 2.75) is 18.8 Å². The van der Waals surface area contributed by atoms with Gasteiger partial charge in [-0.15, -0.1) is 0 Å². The summed E-state index contributed by atoms with van der Waals surface area (Å²) in [6.45, 7) is 1.50. The van der Waals surface area contributed by atoms with Crippen LogP contribution in [0.4, 0.5) is 0 Å². The molecule has 3 N–H and O–H groups in total. The van der Waals surface area contributed by atoms with Crippen molar-refractivity contribution in [3.63, 3.8) is 0 Å². The Morgan fingerprint density at radius 3 is 2.04 bits per heavy atom. The van der Waals surface area contributed by atoms with E-state index in [-0.39, 0.29) is 19.0 Å². The number of carboxylic acid groups (broad SMARTS) is 1. The Labute approximate surface area is 152 Å². The Balaban J connectivity index is 1.97. The molecule has 6 nitrogen and oxygen atoms in total. The van der Waals surface area contributed by atoms with Crippen LogP contribution in [0.1, 0.15) is 29.3 Å². The minimum absolute atomic E-state index is 0.0527. The van der Waals surface area contributed by atoms with Crippen LogP contribution in [0.15, 0.2) is 60.7 Å². The first-order valence-electron chi connectivity index (χ1n) is 8.38. The summed E-state index contributed by atoms with van der Waals surface area (Å²) in [5.41, 5.74) is -0.123. The predicted octanol–water partition coefficient (Wildman–Crippen LogP) is 1.97. The average molecular weight is 354 g/mol. The van der Waals surface area contributed by atoms with Crippen molar-refractivity contribution in [2.24, 2.45) is 0 Å². The van der Waals surface area contributed by atoms with E-state index in [2.05, 4.69) is 10.6 Å². The normalized spacial score (nSPS) is 12.7. The van der Waals surface area contributed by atoms with Crippen LogP contribution in [0.25, 0.3) is 0 Å². The summed E-state index contributed by atoms with van der Waals surface area (Å²) in [5.74, 6) is -1.80. The van der Waals surface area contributed by atoms with Gasteiger partial charge >= 0.3 is 5.97 Å². The summed E-state index contributed by atoms with van der Waals surface area (Å²) in [5, 5.41) is 14.9. The van der Waals surface area contributed by atoms with Crippen molar-refractivity contribution in [1.29, 1.82) is 0 Å². The fraction of sp³-hybridized carbons (Fsp3) is 0.250. The molecule has 6 heteroatoms. The molecule has 0 bridgehead atoms. The minimum atomic E-state index is -1.21. The highest BCUT2D eigenvalue weighted by Crippen LogP contribution is 2.27. The van der Waals surface area contributed by atoms with E-state index in [1.165, 1.54) is 0 Å². The first-order valence-corrected chi connectivity index (χ1v) is 8.38. The lowest BCUT2D eigenvalue weighted by molar-refractivity contribution is -0.144. The molecule has 0 saturated carbocycles. The van der Waals surface area contributed by atoms with Gasteiger partial charge in [0.1, 0.15) is 5.41 Å². The second kappa shape index (κ2) is 8.80. The van der Waals surface area contributed by atoms with E-state index in [1.807, 2.05) is 6.07 Å². The fourth-order valence-electron chi connectivity index (χ4n) is 2.70. The van der Waals surface area contributed by atoms with Crippen LogP contribution in [0.3, 0.4) is 0 Å². The van der Waals surface area contributed by atoms with E-state index in [1.54, 1.807) is 61.5 Å². The first-order chi connectivity index (χ1) is 12.5. The number of carbonyl (C=O) groups excluding carboxylic acids is 2. The second-order valence-electron chi connectivity index (χ2n) is 5.93. The predicted molar refractivity (Wildman–Crippen MR) is 97.8 cm³/mol. The minimum Gasteiger partial charge on any atom is -0.481 e. The number of carboxylic acids is 1. The monoisotopic (exact) mass is 354 g/mol. The first kappa shape index (κ1) is 19.2. The summed E-state index contributed by atoms with van der Waals surface area (Å²) in [6.07, 6.45) is 0.322. The van der Waals surface area contributed by atoms with Gasteiger partial charge in [-0.1, -0.05) is 55.5 Å². The van der Waals surface area contributed by atoms with Crippen LogP contribution in [0.5, 0.6) is 0 Å². The van der Waals surface area contributed by atoms with Crippen LogP contribution in [0, 0.1) is 0 Å². The number of amides is 2. The van der Waals surface area contributed by atoms with Crippen LogP contribution in [-0.4, -0.2) is 36.0 Å². The van der Waals surface area contributed by atoms with Crippen LogP contribution >= 0.6 is 0 Å². The van der Waals surface area contributed by atoms with Gasteiger partial charge in [-0.25, -0.2) is 0 Å². The molecular weight excluding hydrogens is 332 g/mol. The Kier molecular flexibility index (Phi) is 6.49. The SMILES string of the molecule is CCC(CNC(=O)CNC(=O)c1ccccc1)(C(=O)O)c1ccccc1. The Morgan fingerprint density at radius 2 is 1.50 bits per heavy atom. The summed E-state index contributed by atoms with van der Waals surface area (Å²) in [6, 6.07) is 17.4. The molecule has 0 heterocycles. The molecule has 2 aromatic rings. The maximum absolute atomic E-state index is 12.1. The zero-order valence-electron chi connectivity index (χ0n) is 14.6. The number of hydrogen-bond donors (Lipinski definition) is 3. The number of rotatable bonds is 8. The largest absolute Gasteiger partial charge is 0.481 e. The maximum atomic E-state index is 12.1. The molecule has 0 spiro atoms. The van der Waals surface area contributed by atoms with Gasteiger partial charge in [-0.05, 0) is 24.1 Å². The summed E-state index contributed by atoms with van der Waals surface area (Å²) >= 11 is 0. The summed E-state index contributed by atoms with van der Waals surface area (Å²) < 4.78 is 0. The highest BCUT2D eigenvalue weighted by Gasteiger charge is 2.38. The molecule has 0 aliphatic carbocycles. The summed E-state index contributed by atoms with van der Waals surface area (Å²) in [4.78, 5) is 35.9. The van der Waals surface area contributed by atoms with E-state index >= 15 is 0 Å². The summed E-state index contributed by atoms with van der Waals surface area (Å²) in [7, 11) is 0. The Morgan fingerprint density at radius 1 is 0.923 bits per heavy atom. The lowest BCUT2D eigenvalue weighted by Crippen LogP contribution is -2.48. The van der Waals surface area contributed by atoms with Gasteiger partial charge in [-0.2, -0.15) is 0 Å². The number of carbonyl (C=O) groups is 3. The lowest BCUT2D eigenvalue weighted by Gasteiger charge is -2.29. The van der Waals surface area contributed by atoms with Gasteiger partial charge in [0.15, 0.2) is 0 Å². The van der Waals surface area contributed by atoms with Crippen molar-refractivity contribution in [2.75, 3.05) is 13.1 Å². The molecule has 2 amide bonds. The molecule has 0 aliphatic heterocycles. The van der Waals surface area contributed by atoms with Crippen molar-refractivity contribution in [1.82, 2.24) is 10.6 Å². The van der Waals surface area contributed by atoms with Crippen molar-refractivity contribution >= 4 is 17.8 Å². The molecule has 26 heavy (non-hydrogen) atoms. The second-order valence-corrected chi connectivity index (χ2v) is 5.93. The van der Waals surface area contributed by atoms with Gasteiger partial charge in [0.2, 0.25) is 5.91 Å². The number of nitrogens with one attached hydrogen (secondary N) is 2. The van der Waals surface area contributed by atoms with E-state index in [0.29, 0.717) is 17.5 Å². The van der Waals surface area contributed by atoms with E-state index < -0.39 is 17.3 Å². The van der Waals surface area contributed by atoms with Crippen molar-refractivity contribution < 1.29 is 19.5 Å². The smallest absolute Gasteiger partial charge is 0.315 e. The maximum Gasteiger partial charge on any atom is 0.315 e. The third-order valence-electron chi connectivity index (χ3n) is 4.37. The third-order valence-corrected chi connectivity index (χ3v) is 4.37. The zero-order chi connectivity index (χ0) is 19.0. The molecule has 0 fully saturated rings. The highest BCUT2D eigenvalue weighted by molar-refractivity contribution is 5.96. The van der Waals surface area contributed by atoms with Crippen molar-refractivity contribution in [3.05, 3.63) is 71.8 Å². The van der Waals surface area contributed by atoms with Gasteiger partial charge in [0.25, 0.3) is 5.91 Å². The van der Waals surface area contributed by atoms with Gasteiger partial charge in [0, 0.05) is 12.1 Å². The fourth-order valence-corrected chi connectivity index (χ4v) is 2.70. The Bertz CT molecular complexity index is 762. The number of hydrogen-bond acceptors (Lipinski definition) is 3. The molecule has 1 atom stereocenters. The van der Waals surface area contributed by atoms with E-state index in [4.69, 9.17) is 0 Å². The molecule has 136 valence electrons. The van der Waals surface area contributed by atoms with Gasteiger partial charge < -0.3 is 15.7 Å². The standard InChI is InChI=1S/C20H22N2O4/c1-2-20(19(25)26,16-11-7-4-8-12-16)14-22-17(23)13-21-18(24)15-9-5-3-6-10-15/h3-12H,2,13-14H2,1H3,(H,21,24)(H,22,23)(H,25,26). The molecule has 0 saturated heterocycles. The Hall–Kier alpha value is -3.15. The lowest BCUT2D eigenvalue weighted by atomic mass is 9.78. The molecule has 0 aliphatic rings. The molecule has 0 radical (unpaired) electrons. The molecular formula is C20H22N2O4. The molecule has 2 aromatic carbocycles. The molecule has 0 aromatic heterocycles. The van der Waals surface area contributed by atoms with E-state index in [0.717, 1.165) is 0 Å². The van der Waals surface area contributed by atoms with Crippen molar-refractivity contribution in [3.8, 4) is 0 Å². The van der Waals surface area contributed by atoms with Gasteiger partial charge in [0.05, 0.1) is 6.54 Å². The average Bonchev–Trinajstić information content (AvgIpc) is 2.68. The van der Waals surface area contributed by atoms with Crippen LogP contribution in [0.2, 0.25) is 0 Å². The van der Waals surface area contributed by atoms with Crippen LogP contribution in [-0.2, 0) is 15.0 Å². The molecule has 2 rings (SSSR count). The van der Waals surface area contributed by atoms with E-state index in [9.17, 15) is 19.5 Å². The quantitative estimate of drug-likeness (QED) is 0.675. The third kappa shape index (κ3) is 4.47. The topological polar surface area (TPSA) is 95.5 Å². The van der Waals surface area contributed by atoms with Crippen LogP contribution < -0.4 is 10.6 Å². The number of benzene rings is 2. The zero-order valence-corrected chi connectivity index (χ0v) is 14.6.